The van der Waals surface area contributed by atoms with E-state index in [0.29, 0.717) is 0 Å². The summed E-state index contributed by atoms with van der Waals surface area (Å²) in [6.07, 6.45) is -0.112. The molecule has 0 aliphatic heterocycles. The molecule has 86 valence electrons. The molecule has 0 spiro atoms. The fraction of sp³-hybridized carbons (Fsp3) is 0.143. The van der Waals surface area contributed by atoms with E-state index in [1.54, 1.807) is 8.05 Å². The molecule has 0 aromatic heterocycles. The maximum absolute atomic E-state index is 6.26. The van der Waals surface area contributed by atoms with Gasteiger partial charge in [0.05, 0.1) is 12.1 Å². The number of nitrogens with two attached hydrogens (primary N) is 1. The van der Waals surface area contributed by atoms with E-state index < -0.39 is 0 Å². The largest absolute Gasteiger partial charge is 0.435 e. The quantitative estimate of drug-likeness (QED) is 0.807. The summed E-state index contributed by atoms with van der Waals surface area (Å²) in [4.78, 5) is 0. The molecular formula is C14H16BNO. The van der Waals surface area contributed by atoms with Gasteiger partial charge in [-0.2, -0.15) is 0 Å². The summed E-state index contributed by atoms with van der Waals surface area (Å²) < 4.78 is 5.53. The van der Waals surface area contributed by atoms with Gasteiger partial charge in [-0.15, -0.1) is 0 Å². The van der Waals surface area contributed by atoms with Crippen molar-refractivity contribution in [1.29, 1.82) is 0 Å². The fourth-order valence-corrected chi connectivity index (χ4v) is 1.98. The third-order valence-corrected chi connectivity index (χ3v) is 2.89. The first kappa shape index (κ1) is 11.9. The van der Waals surface area contributed by atoms with Gasteiger partial charge in [0, 0.05) is 0 Å². The van der Waals surface area contributed by atoms with Crippen LogP contribution in [-0.4, -0.2) is 8.05 Å². The Labute approximate surface area is 103 Å². The van der Waals surface area contributed by atoms with E-state index in [-0.39, 0.29) is 12.1 Å². The second-order valence-corrected chi connectivity index (χ2v) is 4.00. The first-order valence-corrected chi connectivity index (χ1v) is 5.71. The minimum absolute atomic E-state index is 0.112. The fourth-order valence-electron chi connectivity index (χ4n) is 1.98. The van der Waals surface area contributed by atoms with E-state index in [1.165, 1.54) is 0 Å². The zero-order valence-corrected chi connectivity index (χ0v) is 9.91. The van der Waals surface area contributed by atoms with Crippen molar-refractivity contribution < 1.29 is 4.65 Å². The van der Waals surface area contributed by atoms with Crippen LogP contribution in [0.2, 0.25) is 0 Å². The number of benzene rings is 2. The van der Waals surface area contributed by atoms with E-state index >= 15 is 0 Å². The summed E-state index contributed by atoms with van der Waals surface area (Å²) in [5, 5.41) is 0. The van der Waals surface area contributed by atoms with Gasteiger partial charge >= 0.3 is 0 Å². The predicted molar refractivity (Wildman–Crippen MR) is 72.2 cm³/mol. The molecule has 2 aromatic rings. The lowest BCUT2D eigenvalue weighted by atomic mass is 9.96. The Kier molecular flexibility index (Phi) is 3.96. The minimum Gasteiger partial charge on any atom is -0.435 e. The lowest BCUT2D eigenvalue weighted by Gasteiger charge is -2.24. The highest BCUT2D eigenvalue weighted by Crippen LogP contribution is 2.28. The van der Waals surface area contributed by atoms with Gasteiger partial charge in [-0.1, -0.05) is 60.7 Å². The average Bonchev–Trinajstić information content (AvgIpc) is 2.42. The van der Waals surface area contributed by atoms with Crippen LogP contribution in [0.3, 0.4) is 0 Å². The smallest absolute Gasteiger partial charge is 0.258 e. The van der Waals surface area contributed by atoms with Gasteiger partial charge in [-0.3, -0.25) is 0 Å². The van der Waals surface area contributed by atoms with E-state index in [4.69, 9.17) is 10.4 Å². The van der Waals surface area contributed by atoms with Crippen molar-refractivity contribution in [2.45, 2.75) is 12.1 Å². The molecule has 0 aliphatic rings. The highest BCUT2D eigenvalue weighted by atomic mass is 16.4. The Hall–Kier alpha value is -1.58. The molecule has 0 radical (unpaired) electrons. The topological polar surface area (TPSA) is 35.2 Å². The predicted octanol–water partition coefficient (Wildman–Crippen LogP) is 1.99. The Balaban J connectivity index is 2.25. The SMILES string of the molecule is BOC(c1ccccc1)C(N)c1ccccc1. The number of hydrogen-bond donors (Lipinski definition) is 1. The molecule has 2 aromatic carbocycles. The Morgan fingerprint density at radius 2 is 1.29 bits per heavy atom. The highest BCUT2D eigenvalue weighted by molar-refractivity contribution is 5.98. The Bertz CT molecular complexity index is 446. The van der Waals surface area contributed by atoms with Crippen molar-refractivity contribution in [3.63, 3.8) is 0 Å². The monoisotopic (exact) mass is 225 g/mol. The summed E-state index contributed by atoms with van der Waals surface area (Å²) in [5.74, 6) is 0. The molecule has 2 nitrogen and oxygen atoms in total. The molecule has 2 rings (SSSR count). The molecule has 0 fully saturated rings. The molecule has 2 atom stereocenters. The van der Waals surface area contributed by atoms with Crippen LogP contribution in [0.1, 0.15) is 23.3 Å². The molecule has 0 bridgehead atoms. The second kappa shape index (κ2) is 5.66. The number of rotatable bonds is 4. The van der Waals surface area contributed by atoms with Gasteiger partial charge in [0.15, 0.2) is 0 Å². The standard InChI is InChI=1S/C14H16BNO/c15-17-14(12-9-5-2-6-10-12)13(16)11-7-3-1-4-8-11/h1-10,13-14H,15-16H2. The van der Waals surface area contributed by atoms with Crippen LogP contribution < -0.4 is 5.73 Å². The molecule has 2 unspecified atom stereocenters. The van der Waals surface area contributed by atoms with Gasteiger partial charge < -0.3 is 10.4 Å². The van der Waals surface area contributed by atoms with Crippen molar-refractivity contribution in [1.82, 2.24) is 0 Å². The van der Waals surface area contributed by atoms with Gasteiger partial charge in [0.2, 0.25) is 0 Å². The summed E-state index contributed by atoms with van der Waals surface area (Å²) in [6.45, 7) is 0. The molecule has 2 N–H and O–H groups in total. The van der Waals surface area contributed by atoms with Crippen molar-refractivity contribution in [2.24, 2.45) is 5.73 Å². The maximum Gasteiger partial charge on any atom is 0.258 e. The lowest BCUT2D eigenvalue weighted by Crippen LogP contribution is -2.21. The van der Waals surface area contributed by atoms with E-state index in [9.17, 15) is 0 Å². The molecular weight excluding hydrogens is 209 g/mol. The van der Waals surface area contributed by atoms with Crippen molar-refractivity contribution >= 4 is 8.05 Å². The molecule has 0 heterocycles. The Morgan fingerprint density at radius 1 is 0.824 bits per heavy atom. The first-order chi connectivity index (χ1) is 8.33. The molecule has 0 aliphatic carbocycles. The van der Waals surface area contributed by atoms with E-state index in [1.807, 2.05) is 60.7 Å². The van der Waals surface area contributed by atoms with Crippen LogP contribution in [-0.2, 0) is 4.65 Å². The van der Waals surface area contributed by atoms with Crippen molar-refractivity contribution in [2.75, 3.05) is 0 Å². The summed E-state index contributed by atoms with van der Waals surface area (Å²) in [5.41, 5.74) is 8.45. The Morgan fingerprint density at radius 3 is 1.76 bits per heavy atom. The van der Waals surface area contributed by atoms with E-state index in [2.05, 4.69) is 0 Å². The molecule has 0 saturated carbocycles. The summed E-state index contributed by atoms with van der Waals surface area (Å²) in [7, 11) is 1.69. The van der Waals surface area contributed by atoms with Crippen LogP contribution in [0.4, 0.5) is 0 Å². The van der Waals surface area contributed by atoms with Gasteiger partial charge in [0.1, 0.15) is 0 Å². The minimum atomic E-state index is -0.149. The third kappa shape index (κ3) is 2.76. The molecule has 3 heteroatoms. The van der Waals surface area contributed by atoms with Crippen LogP contribution in [0.25, 0.3) is 0 Å². The van der Waals surface area contributed by atoms with Crippen LogP contribution >= 0.6 is 0 Å². The first-order valence-electron chi connectivity index (χ1n) is 5.71. The molecule has 0 saturated heterocycles. The average molecular weight is 225 g/mol. The summed E-state index contributed by atoms with van der Waals surface area (Å²) >= 11 is 0. The van der Waals surface area contributed by atoms with Crippen LogP contribution in [0.15, 0.2) is 60.7 Å². The van der Waals surface area contributed by atoms with Crippen LogP contribution in [0, 0.1) is 0 Å². The second-order valence-electron chi connectivity index (χ2n) is 4.00. The maximum atomic E-state index is 6.26. The van der Waals surface area contributed by atoms with Gasteiger partial charge in [0.25, 0.3) is 8.05 Å². The zero-order chi connectivity index (χ0) is 12.1. The lowest BCUT2D eigenvalue weighted by molar-refractivity contribution is 0.192. The normalized spacial score (nSPS) is 14.2. The molecule has 17 heavy (non-hydrogen) atoms. The van der Waals surface area contributed by atoms with Crippen molar-refractivity contribution in [3.8, 4) is 0 Å². The highest BCUT2D eigenvalue weighted by Gasteiger charge is 2.19. The summed E-state index contributed by atoms with van der Waals surface area (Å²) in [6, 6.07) is 19.9. The zero-order valence-electron chi connectivity index (χ0n) is 9.91. The van der Waals surface area contributed by atoms with Crippen LogP contribution in [0.5, 0.6) is 0 Å². The van der Waals surface area contributed by atoms with Gasteiger partial charge in [-0.25, -0.2) is 0 Å². The van der Waals surface area contributed by atoms with E-state index in [0.717, 1.165) is 11.1 Å². The molecule has 0 amide bonds. The van der Waals surface area contributed by atoms with Gasteiger partial charge in [-0.05, 0) is 11.1 Å². The third-order valence-electron chi connectivity index (χ3n) is 2.89. The van der Waals surface area contributed by atoms with Crippen molar-refractivity contribution in [3.05, 3.63) is 71.8 Å². The number of hydrogen-bond acceptors (Lipinski definition) is 2.